The Kier molecular flexibility index (Phi) is 7.51. The summed E-state index contributed by atoms with van der Waals surface area (Å²) in [6.45, 7) is 7.75. The molecule has 0 radical (unpaired) electrons. The van der Waals surface area contributed by atoms with E-state index in [1.165, 1.54) is 17.7 Å². The van der Waals surface area contributed by atoms with Crippen molar-refractivity contribution >= 4 is 22.5 Å². The quantitative estimate of drug-likeness (QED) is 0.342. The number of anilines is 1. The highest BCUT2D eigenvalue weighted by atomic mass is 19.4. The maximum atomic E-state index is 13.8. The van der Waals surface area contributed by atoms with Crippen LogP contribution >= 0.6 is 0 Å². The number of alkyl halides is 3. The second kappa shape index (κ2) is 10.9. The Morgan fingerprint density at radius 3 is 2.42 bits per heavy atom. The second-order valence-electron chi connectivity index (χ2n) is 12.4. The lowest BCUT2D eigenvalue weighted by atomic mass is 9.86. The first-order valence-electron chi connectivity index (χ1n) is 15.2. The average Bonchev–Trinajstić information content (AvgIpc) is 3.73. The molecular formula is C32H38F3N5O3. The Morgan fingerprint density at radius 1 is 1.14 bits per heavy atom. The van der Waals surface area contributed by atoms with Gasteiger partial charge >= 0.3 is 6.18 Å². The Balaban J connectivity index is 1.47. The van der Waals surface area contributed by atoms with Crippen LogP contribution in [0.5, 0.6) is 0 Å². The Morgan fingerprint density at radius 2 is 1.84 bits per heavy atom. The van der Waals surface area contributed by atoms with Gasteiger partial charge in [-0.25, -0.2) is 4.68 Å². The number of carbonyl (C=O) groups is 1. The van der Waals surface area contributed by atoms with E-state index in [1.807, 2.05) is 17.9 Å². The fourth-order valence-corrected chi connectivity index (χ4v) is 6.50. The van der Waals surface area contributed by atoms with Crippen molar-refractivity contribution in [1.29, 1.82) is 0 Å². The van der Waals surface area contributed by atoms with Crippen molar-refractivity contribution in [1.82, 2.24) is 19.7 Å². The van der Waals surface area contributed by atoms with Crippen LogP contribution in [0, 0.1) is 13.8 Å². The summed E-state index contributed by atoms with van der Waals surface area (Å²) in [5, 5.41) is 9.20. The molecule has 230 valence electrons. The minimum absolute atomic E-state index is 0.0220. The van der Waals surface area contributed by atoms with Crippen LogP contribution in [0.15, 0.2) is 29.1 Å². The Bertz CT molecular complexity index is 1620. The highest BCUT2D eigenvalue weighted by Crippen LogP contribution is 2.43. The molecule has 43 heavy (non-hydrogen) atoms. The molecule has 1 aromatic carbocycles. The minimum Gasteiger partial charge on any atom is -0.365 e. The number of halogens is 3. The van der Waals surface area contributed by atoms with E-state index in [-0.39, 0.29) is 29.2 Å². The van der Waals surface area contributed by atoms with Crippen molar-refractivity contribution < 1.29 is 22.7 Å². The van der Waals surface area contributed by atoms with Crippen LogP contribution in [0.25, 0.3) is 10.8 Å². The van der Waals surface area contributed by atoms with Gasteiger partial charge < -0.3 is 15.0 Å². The molecule has 1 saturated heterocycles. The van der Waals surface area contributed by atoms with E-state index in [4.69, 9.17) is 14.8 Å². The maximum Gasteiger partial charge on any atom is 0.416 e. The molecule has 3 heterocycles. The number of benzene rings is 1. The first-order chi connectivity index (χ1) is 20.4. The van der Waals surface area contributed by atoms with Crippen molar-refractivity contribution in [2.24, 2.45) is 0 Å². The number of hydrogen-bond donors (Lipinski definition) is 1. The molecule has 11 heteroatoms. The van der Waals surface area contributed by atoms with Crippen LogP contribution in [0.3, 0.4) is 0 Å². The molecule has 2 aromatic heterocycles. The second-order valence-corrected chi connectivity index (χ2v) is 12.4. The number of aryl methyl sites for hydroxylation is 1. The van der Waals surface area contributed by atoms with E-state index < -0.39 is 23.4 Å². The van der Waals surface area contributed by atoms with Crippen LogP contribution in [-0.4, -0.2) is 44.8 Å². The molecule has 3 fully saturated rings. The van der Waals surface area contributed by atoms with Crippen molar-refractivity contribution in [2.45, 2.75) is 103 Å². The summed E-state index contributed by atoms with van der Waals surface area (Å²) in [7, 11) is 0. The fraction of sp³-hybridized carbons (Fsp3) is 0.562. The van der Waals surface area contributed by atoms with Crippen LogP contribution in [0.2, 0.25) is 0 Å². The van der Waals surface area contributed by atoms with E-state index in [0.717, 1.165) is 38.2 Å². The number of aromatic nitrogens is 3. The summed E-state index contributed by atoms with van der Waals surface area (Å²) >= 11 is 0. The molecule has 6 rings (SSSR count). The fourth-order valence-electron chi connectivity index (χ4n) is 6.50. The zero-order valence-corrected chi connectivity index (χ0v) is 25.1. The zero-order valence-electron chi connectivity index (χ0n) is 25.1. The third kappa shape index (κ3) is 5.52. The molecule has 1 amide bonds. The highest BCUT2D eigenvalue weighted by molar-refractivity contribution is 5.93. The van der Waals surface area contributed by atoms with Gasteiger partial charge in [0.05, 0.1) is 40.5 Å². The highest BCUT2D eigenvalue weighted by Gasteiger charge is 2.44. The summed E-state index contributed by atoms with van der Waals surface area (Å²) in [6.07, 6.45) is 1.46. The summed E-state index contributed by atoms with van der Waals surface area (Å²) < 4.78 is 49.3. The standard InChI is InChI=1S/C32H38F3N5O3/c1-18-24(9-6-10-26(18)32(33,34)35)19(2)37-29-25-17-27(31(43-23-11-12-23)13-15-39(16-14-31)21(4)41)36-20(3)28(25)30(42)40(38-29)22-7-5-8-22/h6,9-10,17,19,22-23H,5,7-8,11-16H2,1-4H3,(H,37,38)/t19-/m1/s1. The molecule has 0 spiro atoms. The van der Waals surface area contributed by atoms with E-state index in [0.29, 0.717) is 59.5 Å². The van der Waals surface area contributed by atoms with Crippen LogP contribution in [-0.2, 0) is 21.3 Å². The van der Waals surface area contributed by atoms with Gasteiger partial charge in [-0.05, 0) is 89.0 Å². The van der Waals surface area contributed by atoms with Crippen LogP contribution in [0.1, 0.15) is 99.0 Å². The summed E-state index contributed by atoms with van der Waals surface area (Å²) in [5.74, 6) is 0.453. The Labute approximate surface area is 248 Å². The number of amides is 1. The molecule has 2 aliphatic carbocycles. The van der Waals surface area contributed by atoms with Gasteiger partial charge in [0.2, 0.25) is 5.91 Å². The van der Waals surface area contributed by atoms with Crippen molar-refractivity contribution in [3.05, 3.63) is 62.7 Å². The van der Waals surface area contributed by atoms with E-state index >= 15 is 0 Å². The number of fused-ring (bicyclic) bond motifs is 1. The minimum atomic E-state index is -4.46. The smallest absolute Gasteiger partial charge is 0.365 e. The van der Waals surface area contributed by atoms with Gasteiger partial charge in [-0.15, -0.1) is 0 Å². The molecule has 1 aliphatic heterocycles. The predicted molar refractivity (Wildman–Crippen MR) is 157 cm³/mol. The molecule has 2 saturated carbocycles. The first kappa shape index (κ1) is 29.6. The number of rotatable bonds is 7. The van der Waals surface area contributed by atoms with Crippen LogP contribution in [0.4, 0.5) is 19.0 Å². The average molecular weight is 598 g/mol. The number of piperidine rings is 1. The van der Waals surface area contributed by atoms with E-state index in [9.17, 15) is 22.8 Å². The topological polar surface area (TPSA) is 89.4 Å². The van der Waals surface area contributed by atoms with Gasteiger partial charge in [-0.1, -0.05) is 12.1 Å². The molecule has 1 N–H and O–H groups in total. The van der Waals surface area contributed by atoms with Crippen molar-refractivity contribution in [3.8, 4) is 0 Å². The number of carbonyl (C=O) groups excluding carboxylic acids is 1. The molecule has 0 unspecified atom stereocenters. The number of pyridine rings is 1. The van der Waals surface area contributed by atoms with Crippen molar-refractivity contribution in [2.75, 3.05) is 18.4 Å². The van der Waals surface area contributed by atoms with Crippen molar-refractivity contribution in [3.63, 3.8) is 0 Å². The summed E-state index contributed by atoms with van der Waals surface area (Å²) in [6, 6.07) is 5.52. The lowest BCUT2D eigenvalue weighted by Gasteiger charge is -2.41. The maximum absolute atomic E-state index is 13.8. The Hall–Kier alpha value is -3.47. The van der Waals surface area contributed by atoms with Gasteiger partial charge in [0.1, 0.15) is 5.60 Å². The number of nitrogens with zero attached hydrogens (tertiary/aromatic N) is 4. The third-order valence-corrected chi connectivity index (χ3v) is 9.41. The first-order valence-corrected chi connectivity index (χ1v) is 15.2. The normalized spacial score (nSPS) is 19.7. The number of nitrogens with one attached hydrogen (secondary N) is 1. The SMILES string of the molecule is CC(=O)N1CCC(OC2CC2)(c2cc3c(N[C@H](C)c4cccc(C(F)(F)F)c4C)nn(C4CCC4)c(=O)c3c(C)n2)CC1. The molecule has 1 atom stereocenters. The van der Waals surface area contributed by atoms with Gasteiger partial charge in [-0.2, -0.15) is 18.3 Å². The molecule has 8 nitrogen and oxygen atoms in total. The number of ether oxygens (including phenoxy) is 1. The lowest BCUT2D eigenvalue weighted by Crippen LogP contribution is -2.46. The summed E-state index contributed by atoms with van der Waals surface area (Å²) in [5.41, 5.74) is 0.312. The zero-order chi connectivity index (χ0) is 30.7. The monoisotopic (exact) mass is 597 g/mol. The number of likely N-dealkylation sites (tertiary alicyclic amines) is 1. The predicted octanol–water partition coefficient (Wildman–Crippen LogP) is 6.34. The lowest BCUT2D eigenvalue weighted by molar-refractivity contribution is -0.139. The largest absolute Gasteiger partial charge is 0.416 e. The van der Waals surface area contributed by atoms with Gasteiger partial charge in [-0.3, -0.25) is 14.6 Å². The molecular weight excluding hydrogens is 559 g/mol. The molecule has 0 bridgehead atoms. The molecule has 3 aliphatic rings. The third-order valence-electron chi connectivity index (χ3n) is 9.41. The van der Waals surface area contributed by atoms with Gasteiger partial charge in [0, 0.05) is 25.4 Å². The summed E-state index contributed by atoms with van der Waals surface area (Å²) in [4.78, 5) is 32.7. The van der Waals surface area contributed by atoms with Gasteiger partial charge in [0.15, 0.2) is 5.82 Å². The van der Waals surface area contributed by atoms with E-state index in [2.05, 4.69) is 5.32 Å². The van der Waals surface area contributed by atoms with Gasteiger partial charge in [0.25, 0.3) is 5.56 Å². The van der Waals surface area contributed by atoms with E-state index in [1.54, 1.807) is 19.9 Å². The molecule has 3 aromatic rings. The van der Waals surface area contributed by atoms with Crippen LogP contribution < -0.4 is 10.9 Å². The number of hydrogen-bond acceptors (Lipinski definition) is 6.